The Balaban J connectivity index is 1.46. The van der Waals surface area contributed by atoms with Crippen LogP contribution in [0, 0.1) is 5.92 Å². The van der Waals surface area contributed by atoms with Crippen molar-refractivity contribution >= 4 is 23.2 Å². The van der Waals surface area contributed by atoms with Crippen molar-refractivity contribution < 1.29 is 4.79 Å². The molecular formula is C28H30N2O. The largest absolute Gasteiger partial charge is 0.322 e. The van der Waals surface area contributed by atoms with E-state index in [9.17, 15) is 4.79 Å². The van der Waals surface area contributed by atoms with Gasteiger partial charge in [-0.3, -0.25) is 9.69 Å². The zero-order chi connectivity index (χ0) is 21.5. The van der Waals surface area contributed by atoms with Gasteiger partial charge in [0.2, 0.25) is 0 Å². The standard InChI is InChI=1S/C28H30N2O/c1-22-16-18-30(19-17-22)21-24-12-14-26(15-13-24)29-28(31)27(25-10-6-3-7-11-25)20-23-8-4-2-5-9-23/h2-15,20,22H,16-19,21H2,1H3,(H,29,31)/b27-20-. The quantitative estimate of drug-likeness (QED) is 0.393. The lowest BCUT2D eigenvalue weighted by Gasteiger charge is -2.30. The Hall–Kier alpha value is -3.17. The van der Waals surface area contributed by atoms with E-state index in [-0.39, 0.29) is 5.91 Å². The first-order valence-electron chi connectivity index (χ1n) is 11.1. The van der Waals surface area contributed by atoms with Crippen LogP contribution in [-0.2, 0) is 11.3 Å². The van der Waals surface area contributed by atoms with E-state index in [1.54, 1.807) is 0 Å². The molecule has 1 N–H and O–H groups in total. The van der Waals surface area contributed by atoms with Crippen LogP contribution in [0.5, 0.6) is 0 Å². The molecule has 1 amide bonds. The smallest absolute Gasteiger partial charge is 0.256 e. The lowest BCUT2D eigenvalue weighted by molar-refractivity contribution is -0.111. The molecule has 1 aliphatic rings. The number of anilines is 1. The van der Waals surface area contributed by atoms with Crippen LogP contribution in [0.4, 0.5) is 5.69 Å². The second-order valence-electron chi connectivity index (χ2n) is 8.44. The SMILES string of the molecule is CC1CCN(Cc2ccc(NC(=O)/C(=C\c3ccccc3)c3ccccc3)cc2)CC1. The minimum Gasteiger partial charge on any atom is -0.322 e. The molecule has 0 aromatic heterocycles. The molecule has 3 nitrogen and oxygen atoms in total. The van der Waals surface area contributed by atoms with Gasteiger partial charge in [-0.15, -0.1) is 0 Å². The average Bonchev–Trinajstić information content (AvgIpc) is 2.81. The highest BCUT2D eigenvalue weighted by atomic mass is 16.1. The Morgan fingerprint density at radius 3 is 2.16 bits per heavy atom. The first-order chi connectivity index (χ1) is 15.2. The number of amides is 1. The monoisotopic (exact) mass is 410 g/mol. The Kier molecular flexibility index (Phi) is 6.96. The predicted octanol–water partition coefficient (Wildman–Crippen LogP) is 6.10. The second-order valence-corrected chi connectivity index (χ2v) is 8.44. The molecule has 0 unspecified atom stereocenters. The van der Waals surface area contributed by atoms with Gasteiger partial charge in [-0.05, 0) is 66.7 Å². The van der Waals surface area contributed by atoms with Gasteiger partial charge in [0.25, 0.3) is 5.91 Å². The third kappa shape index (κ3) is 5.93. The van der Waals surface area contributed by atoms with Crippen LogP contribution in [0.25, 0.3) is 11.6 Å². The molecule has 1 heterocycles. The van der Waals surface area contributed by atoms with E-state index in [1.165, 1.54) is 31.5 Å². The molecule has 0 spiro atoms. The fraction of sp³-hybridized carbons (Fsp3) is 0.250. The second kappa shape index (κ2) is 10.2. The molecule has 1 fully saturated rings. The van der Waals surface area contributed by atoms with Crippen LogP contribution in [0.15, 0.2) is 84.9 Å². The third-order valence-corrected chi connectivity index (χ3v) is 5.93. The van der Waals surface area contributed by atoms with Gasteiger partial charge in [0.05, 0.1) is 0 Å². The molecule has 0 aliphatic carbocycles. The number of piperidine rings is 1. The molecule has 0 bridgehead atoms. The van der Waals surface area contributed by atoms with Gasteiger partial charge < -0.3 is 5.32 Å². The number of rotatable bonds is 6. The molecule has 1 saturated heterocycles. The minimum atomic E-state index is -0.104. The Morgan fingerprint density at radius 1 is 0.903 bits per heavy atom. The Labute approximate surface area is 185 Å². The fourth-order valence-electron chi connectivity index (χ4n) is 3.98. The number of likely N-dealkylation sites (tertiary alicyclic amines) is 1. The number of hydrogen-bond donors (Lipinski definition) is 1. The van der Waals surface area contributed by atoms with Crippen molar-refractivity contribution in [2.45, 2.75) is 26.3 Å². The van der Waals surface area contributed by atoms with Gasteiger partial charge in [-0.1, -0.05) is 79.7 Å². The summed E-state index contributed by atoms with van der Waals surface area (Å²) in [5.41, 5.74) is 4.66. The van der Waals surface area contributed by atoms with Crippen LogP contribution in [0.3, 0.4) is 0 Å². The summed E-state index contributed by atoms with van der Waals surface area (Å²) in [6, 6.07) is 28.0. The fourth-order valence-corrected chi connectivity index (χ4v) is 3.98. The maximum Gasteiger partial charge on any atom is 0.256 e. The van der Waals surface area contributed by atoms with E-state index >= 15 is 0 Å². The highest BCUT2D eigenvalue weighted by molar-refractivity contribution is 6.29. The molecular weight excluding hydrogens is 380 g/mol. The molecule has 158 valence electrons. The van der Waals surface area contributed by atoms with Gasteiger partial charge in [0.15, 0.2) is 0 Å². The Bertz CT molecular complexity index is 1000. The molecule has 0 atom stereocenters. The van der Waals surface area contributed by atoms with Crippen molar-refractivity contribution in [2.75, 3.05) is 18.4 Å². The predicted molar refractivity (Wildman–Crippen MR) is 130 cm³/mol. The third-order valence-electron chi connectivity index (χ3n) is 5.93. The number of benzene rings is 3. The summed E-state index contributed by atoms with van der Waals surface area (Å²) in [6.45, 7) is 5.66. The molecule has 4 rings (SSSR count). The molecule has 31 heavy (non-hydrogen) atoms. The van der Waals surface area contributed by atoms with Gasteiger partial charge >= 0.3 is 0 Å². The van der Waals surface area contributed by atoms with Crippen LogP contribution < -0.4 is 5.32 Å². The topological polar surface area (TPSA) is 32.3 Å². The lowest BCUT2D eigenvalue weighted by atomic mass is 9.99. The number of carbonyl (C=O) groups excluding carboxylic acids is 1. The summed E-state index contributed by atoms with van der Waals surface area (Å²) in [6.07, 6.45) is 4.50. The van der Waals surface area contributed by atoms with Crippen molar-refractivity contribution in [3.63, 3.8) is 0 Å². The number of nitrogens with zero attached hydrogens (tertiary/aromatic N) is 1. The van der Waals surface area contributed by atoms with Crippen LogP contribution >= 0.6 is 0 Å². The van der Waals surface area contributed by atoms with Gasteiger partial charge in [-0.25, -0.2) is 0 Å². The summed E-state index contributed by atoms with van der Waals surface area (Å²) in [7, 11) is 0. The van der Waals surface area contributed by atoms with Crippen LogP contribution in [0.2, 0.25) is 0 Å². The van der Waals surface area contributed by atoms with E-state index in [0.717, 1.165) is 29.3 Å². The summed E-state index contributed by atoms with van der Waals surface area (Å²) in [4.78, 5) is 15.7. The van der Waals surface area contributed by atoms with Crippen molar-refractivity contribution in [1.29, 1.82) is 0 Å². The van der Waals surface area contributed by atoms with Crippen molar-refractivity contribution in [3.8, 4) is 0 Å². The maximum atomic E-state index is 13.2. The molecule has 3 aromatic rings. The van der Waals surface area contributed by atoms with Crippen molar-refractivity contribution in [3.05, 3.63) is 102 Å². The lowest BCUT2D eigenvalue weighted by Crippen LogP contribution is -2.32. The van der Waals surface area contributed by atoms with E-state index in [4.69, 9.17) is 0 Å². The summed E-state index contributed by atoms with van der Waals surface area (Å²) in [5, 5.41) is 3.08. The minimum absolute atomic E-state index is 0.104. The number of hydrogen-bond acceptors (Lipinski definition) is 2. The summed E-state index contributed by atoms with van der Waals surface area (Å²) in [5.74, 6) is 0.740. The Morgan fingerprint density at radius 2 is 1.52 bits per heavy atom. The first kappa shape index (κ1) is 21.1. The molecule has 0 radical (unpaired) electrons. The van der Waals surface area contributed by atoms with Gasteiger partial charge in [0, 0.05) is 17.8 Å². The number of carbonyl (C=O) groups is 1. The highest BCUT2D eigenvalue weighted by Crippen LogP contribution is 2.22. The van der Waals surface area contributed by atoms with Gasteiger partial charge in [-0.2, -0.15) is 0 Å². The maximum absolute atomic E-state index is 13.2. The van der Waals surface area contributed by atoms with Crippen molar-refractivity contribution in [1.82, 2.24) is 4.90 Å². The molecule has 3 aromatic carbocycles. The van der Waals surface area contributed by atoms with E-state index in [2.05, 4.69) is 29.3 Å². The summed E-state index contributed by atoms with van der Waals surface area (Å²) >= 11 is 0. The molecule has 1 aliphatic heterocycles. The highest BCUT2D eigenvalue weighted by Gasteiger charge is 2.16. The normalized spacial score (nSPS) is 15.6. The zero-order valence-electron chi connectivity index (χ0n) is 18.1. The summed E-state index contributed by atoms with van der Waals surface area (Å²) < 4.78 is 0. The van der Waals surface area contributed by atoms with E-state index in [1.807, 2.05) is 78.9 Å². The van der Waals surface area contributed by atoms with Crippen LogP contribution in [-0.4, -0.2) is 23.9 Å². The van der Waals surface area contributed by atoms with Crippen molar-refractivity contribution in [2.24, 2.45) is 5.92 Å². The van der Waals surface area contributed by atoms with Gasteiger partial charge in [0.1, 0.15) is 0 Å². The van der Waals surface area contributed by atoms with E-state index < -0.39 is 0 Å². The first-order valence-corrected chi connectivity index (χ1v) is 11.1. The molecule has 3 heteroatoms. The average molecular weight is 411 g/mol. The molecule has 0 saturated carbocycles. The zero-order valence-corrected chi connectivity index (χ0v) is 18.1. The van der Waals surface area contributed by atoms with Crippen LogP contribution in [0.1, 0.15) is 36.5 Å². The van der Waals surface area contributed by atoms with E-state index in [0.29, 0.717) is 5.57 Å². The number of nitrogens with one attached hydrogen (secondary N) is 1.